The van der Waals surface area contributed by atoms with E-state index in [1.165, 1.54) is 16.0 Å². The van der Waals surface area contributed by atoms with Gasteiger partial charge < -0.3 is 0 Å². The summed E-state index contributed by atoms with van der Waals surface area (Å²) in [6, 6.07) is 8.77. The molecule has 0 saturated heterocycles. The third-order valence-corrected chi connectivity index (χ3v) is 5.75. The van der Waals surface area contributed by atoms with E-state index in [1.807, 2.05) is 23.5 Å². The van der Waals surface area contributed by atoms with Crippen LogP contribution in [-0.4, -0.2) is 32.1 Å². The van der Waals surface area contributed by atoms with Gasteiger partial charge in [-0.1, -0.05) is 18.5 Å². The van der Waals surface area contributed by atoms with E-state index in [2.05, 4.69) is 50.0 Å². The first kappa shape index (κ1) is 15.7. The third kappa shape index (κ3) is 2.97. The van der Waals surface area contributed by atoms with Crippen LogP contribution in [0.4, 0.5) is 0 Å². The Kier molecular flexibility index (Phi) is 4.35. The fourth-order valence-electron chi connectivity index (χ4n) is 3.51. The van der Waals surface area contributed by atoms with Crippen molar-refractivity contribution in [3.63, 3.8) is 0 Å². The molecule has 1 atom stereocenters. The van der Waals surface area contributed by atoms with Gasteiger partial charge in [0.25, 0.3) is 0 Å². The highest BCUT2D eigenvalue weighted by molar-refractivity contribution is 7.10. The van der Waals surface area contributed by atoms with Crippen LogP contribution in [-0.2, 0) is 13.0 Å². The molecule has 3 heterocycles. The standard InChI is InChI=1S/C17H18ClN5S/c1-2-15-14-4-6-24-16(14)3-5-23(15)10-11-7-12(9-13(18)8-11)17-19-21-22-20-17/h4,6-9,15H,2-3,5,10H2,1H3,(H,19,20,21,22). The lowest BCUT2D eigenvalue weighted by atomic mass is 9.97. The molecule has 4 rings (SSSR count). The van der Waals surface area contributed by atoms with Gasteiger partial charge in [-0.05, 0) is 58.8 Å². The van der Waals surface area contributed by atoms with Gasteiger partial charge in [0.2, 0.25) is 5.82 Å². The van der Waals surface area contributed by atoms with Gasteiger partial charge in [0.15, 0.2) is 0 Å². The molecule has 0 fully saturated rings. The fourth-order valence-corrected chi connectivity index (χ4v) is 4.69. The molecule has 1 aliphatic rings. The highest BCUT2D eigenvalue weighted by atomic mass is 35.5. The number of hydrogen-bond acceptors (Lipinski definition) is 5. The summed E-state index contributed by atoms with van der Waals surface area (Å²) in [6.45, 7) is 4.21. The number of halogens is 1. The molecule has 3 aromatic rings. The molecular formula is C17H18ClN5S. The maximum absolute atomic E-state index is 6.32. The Morgan fingerprint density at radius 3 is 3.08 bits per heavy atom. The minimum absolute atomic E-state index is 0.479. The van der Waals surface area contributed by atoms with E-state index in [4.69, 9.17) is 11.6 Å². The van der Waals surface area contributed by atoms with E-state index in [0.29, 0.717) is 16.9 Å². The molecule has 1 unspecified atom stereocenters. The van der Waals surface area contributed by atoms with Crippen LogP contribution in [0.1, 0.15) is 35.4 Å². The first-order valence-corrected chi connectivity index (χ1v) is 9.34. The number of hydrogen-bond donors (Lipinski definition) is 1. The summed E-state index contributed by atoms with van der Waals surface area (Å²) < 4.78 is 0. The lowest BCUT2D eigenvalue weighted by Crippen LogP contribution is -2.33. The Morgan fingerprint density at radius 2 is 2.29 bits per heavy atom. The van der Waals surface area contributed by atoms with Crippen molar-refractivity contribution in [2.75, 3.05) is 6.54 Å². The SMILES string of the molecule is CCC1c2ccsc2CCN1Cc1cc(Cl)cc(-c2nn[nH]n2)c1. The number of aromatic amines is 1. The van der Waals surface area contributed by atoms with Crippen molar-refractivity contribution in [2.45, 2.75) is 32.4 Å². The smallest absolute Gasteiger partial charge is 0.204 e. The maximum Gasteiger partial charge on any atom is 0.204 e. The van der Waals surface area contributed by atoms with Crippen LogP contribution in [0.3, 0.4) is 0 Å². The minimum Gasteiger partial charge on any atom is -0.292 e. The second-order valence-corrected chi connectivity index (χ2v) is 7.46. The van der Waals surface area contributed by atoms with Crippen LogP contribution in [0.5, 0.6) is 0 Å². The second kappa shape index (κ2) is 6.63. The van der Waals surface area contributed by atoms with Crippen LogP contribution < -0.4 is 0 Å². The minimum atomic E-state index is 0.479. The summed E-state index contributed by atoms with van der Waals surface area (Å²) in [5.41, 5.74) is 3.57. The van der Waals surface area contributed by atoms with Crippen LogP contribution in [0.2, 0.25) is 5.02 Å². The monoisotopic (exact) mass is 359 g/mol. The van der Waals surface area contributed by atoms with Crippen LogP contribution in [0.25, 0.3) is 11.4 Å². The summed E-state index contributed by atoms with van der Waals surface area (Å²) in [7, 11) is 0. The predicted molar refractivity (Wildman–Crippen MR) is 96.1 cm³/mol. The van der Waals surface area contributed by atoms with Gasteiger partial charge in [-0.15, -0.1) is 21.5 Å². The lowest BCUT2D eigenvalue weighted by molar-refractivity contribution is 0.173. The molecule has 0 amide bonds. The molecule has 1 aromatic carbocycles. The fraction of sp³-hybridized carbons (Fsp3) is 0.353. The van der Waals surface area contributed by atoms with Crippen LogP contribution >= 0.6 is 22.9 Å². The second-order valence-electron chi connectivity index (χ2n) is 6.03. The Labute approximate surface area is 149 Å². The van der Waals surface area contributed by atoms with Gasteiger partial charge in [0.05, 0.1) is 0 Å². The van der Waals surface area contributed by atoms with E-state index < -0.39 is 0 Å². The first-order chi connectivity index (χ1) is 11.7. The van der Waals surface area contributed by atoms with Crippen molar-refractivity contribution in [2.24, 2.45) is 0 Å². The Balaban J connectivity index is 1.61. The first-order valence-electron chi connectivity index (χ1n) is 8.08. The molecule has 7 heteroatoms. The number of fused-ring (bicyclic) bond motifs is 1. The molecule has 0 saturated carbocycles. The molecule has 1 N–H and O–H groups in total. The van der Waals surface area contributed by atoms with Crippen molar-refractivity contribution < 1.29 is 0 Å². The number of benzene rings is 1. The van der Waals surface area contributed by atoms with E-state index in [9.17, 15) is 0 Å². The van der Waals surface area contributed by atoms with Gasteiger partial charge in [-0.3, -0.25) is 4.90 Å². The molecule has 0 bridgehead atoms. The number of H-pyrrole nitrogens is 1. The summed E-state index contributed by atoms with van der Waals surface area (Å²) in [5.74, 6) is 0.574. The number of tetrazole rings is 1. The van der Waals surface area contributed by atoms with Crippen molar-refractivity contribution in [1.82, 2.24) is 25.5 Å². The highest BCUT2D eigenvalue weighted by Gasteiger charge is 2.27. The number of nitrogens with one attached hydrogen (secondary N) is 1. The van der Waals surface area contributed by atoms with Crippen LogP contribution in [0.15, 0.2) is 29.6 Å². The number of aromatic nitrogens is 4. The van der Waals surface area contributed by atoms with Gasteiger partial charge in [-0.2, -0.15) is 5.21 Å². The van der Waals surface area contributed by atoms with Crippen molar-refractivity contribution in [3.05, 3.63) is 50.7 Å². The molecule has 24 heavy (non-hydrogen) atoms. The quantitative estimate of drug-likeness (QED) is 0.762. The summed E-state index contributed by atoms with van der Waals surface area (Å²) in [5, 5.41) is 17.1. The predicted octanol–water partition coefficient (Wildman–Crippen LogP) is 4.09. The zero-order valence-electron chi connectivity index (χ0n) is 13.4. The largest absolute Gasteiger partial charge is 0.292 e. The molecule has 2 aromatic heterocycles. The van der Waals surface area contributed by atoms with E-state index in [1.54, 1.807) is 0 Å². The molecule has 124 valence electrons. The van der Waals surface area contributed by atoms with Crippen molar-refractivity contribution in [1.29, 1.82) is 0 Å². The van der Waals surface area contributed by atoms with Crippen molar-refractivity contribution >= 4 is 22.9 Å². The zero-order chi connectivity index (χ0) is 16.5. The van der Waals surface area contributed by atoms with Gasteiger partial charge >= 0.3 is 0 Å². The molecule has 1 aliphatic heterocycles. The Hall–Kier alpha value is -1.76. The number of thiophene rings is 1. The maximum atomic E-state index is 6.32. The average molecular weight is 360 g/mol. The van der Waals surface area contributed by atoms with Gasteiger partial charge in [-0.25, -0.2) is 0 Å². The zero-order valence-corrected chi connectivity index (χ0v) is 14.9. The molecule has 5 nitrogen and oxygen atoms in total. The number of nitrogens with zero attached hydrogens (tertiary/aromatic N) is 4. The highest BCUT2D eigenvalue weighted by Crippen LogP contribution is 2.36. The normalized spacial score (nSPS) is 17.8. The molecular weight excluding hydrogens is 342 g/mol. The average Bonchev–Trinajstić information content (AvgIpc) is 3.25. The molecule has 0 aliphatic carbocycles. The Morgan fingerprint density at radius 1 is 1.38 bits per heavy atom. The summed E-state index contributed by atoms with van der Waals surface area (Å²) >= 11 is 8.20. The Bertz CT molecular complexity index is 829. The summed E-state index contributed by atoms with van der Waals surface area (Å²) in [6.07, 6.45) is 2.24. The number of rotatable bonds is 4. The molecule has 0 spiro atoms. The third-order valence-electron chi connectivity index (χ3n) is 4.54. The van der Waals surface area contributed by atoms with Crippen molar-refractivity contribution in [3.8, 4) is 11.4 Å². The summed E-state index contributed by atoms with van der Waals surface area (Å²) in [4.78, 5) is 4.08. The van der Waals surface area contributed by atoms with Gasteiger partial charge in [0.1, 0.15) is 0 Å². The lowest BCUT2D eigenvalue weighted by Gasteiger charge is -2.35. The van der Waals surface area contributed by atoms with E-state index >= 15 is 0 Å². The van der Waals surface area contributed by atoms with E-state index in [-0.39, 0.29) is 0 Å². The topological polar surface area (TPSA) is 57.7 Å². The van der Waals surface area contributed by atoms with E-state index in [0.717, 1.165) is 31.5 Å². The van der Waals surface area contributed by atoms with Crippen LogP contribution in [0, 0.1) is 0 Å². The molecule has 0 radical (unpaired) electrons. The van der Waals surface area contributed by atoms with Gasteiger partial charge in [0, 0.05) is 34.6 Å².